The molecule has 25 heavy (non-hydrogen) atoms. The number of para-hydroxylation sites is 1. The van der Waals surface area contributed by atoms with Crippen LogP contribution in [-0.2, 0) is 6.54 Å². The third-order valence-electron chi connectivity index (χ3n) is 4.63. The number of hydrogen-bond acceptors (Lipinski definition) is 4. The predicted molar refractivity (Wildman–Crippen MR) is 99.0 cm³/mol. The summed E-state index contributed by atoms with van der Waals surface area (Å²) in [7, 11) is 1.63. The van der Waals surface area contributed by atoms with Crippen LogP contribution in [0.2, 0.25) is 0 Å². The molecule has 1 saturated heterocycles. The van der Waals surface area contributed by atoms with Crippen molar-refractivity contribution in [2.45, 2.75) is 26.3 Å². The van der Waals surface area contributed by atoms with E-state index in [2.05, 4.69) is 22.1 Å². The number of nitrogens with zero attached hydrogens (tertiary/aromatic N) is 2. The molecule has 0 saturated carbocycles. The standard InChI is InChI=1S/C20H25N3O2/c1-15-6-5-11-23(14-15)17-9-10-18(21-13-17)20(24)22-12-16-7-3-4-8-19(16)25-2/h3-4,7-10,13,15H,5-6,11-12,14H2,1-2H3,(H,22,24). The first kappa shape index (κ1) is 17.3. The van der Waals surface area contributed by atoms with Crippen molar-refractivity contribution in [3.8, 4) is 5.75 Å². The molecule has 1 unspecified atom stereocenters. The summed E-state index contributed by atoms with van der Waals surface area (Å²) in [5, 5.41) is 2.90. The van der Waals surface area contributed by atoms with Gasteiger partial charge in [-0.15, -0.1) is 0 Å². The lowest BCUT2D eigenvalue weighted by Crippen LogP contribution is -2.34. The number of pyridine rings is 1. The molecular formula is C20H25N3O2. The van der Waals surface area contributed by atoms with E-state index in [1.165, 1.54) is 12.8 Å². The maximum absolute atomic E-state index is 12.3. The van der Waals surface area contributed by atoms with Crippen LogP contribution in [0.5, 0.6) is 5.75 Å². The largest absolute Gasteiger partial charge is 0.496 e. The lowest BCUT2D eigenvalue weighted by atomic mass is 10.00. The van der Waals surface area contributed by atoms with Crippen molar-refractivity contribution in [1.29, 1.82) is 0 Å². The minimum Gasteiger partial charge on any atom is -0.496 e. The van der Waals surface area contributed by atoms with Crippen LogP contribution in [0.1, 0.15) is 35.8 Å². The molecule has 1 N–H and O–H groups in total. The van der Waals surface area contributed by atoms with E-state index in [4.69, 9.17) is 4.74 Å². The van der Waals surface area contributed by atoms with Gasteiger partial charge in [-0.2, -0.15) is 0 Å². The van der Waals surface area contributed by atoms with Gasteiger partial charge in [0.1, 0.15) is 11.4 Å². The number of hydrogen-bond donors (Lipinski definition) is 1. The minimum absolute atomic E-state index is 0.176. The van der Waals surface area contributed by atoms with Gasteiger partial charge in [0.2, 0.25) is 0 Å². The van der Waals surface area contributed by atoms with E-state index in [-0.39, 0.29) is 5.91 Å². The van der Waals surface area contributed by atoms with E-state index in [0.29, 0.717) is 18.2 Å². The Morgan fingerprint density at radius 3 is 2.88 bits per heavy atom. The summed E-state index contributed by atoms with van der Waals surface area (Å²) < 4.78 is 5.30. The SMILES string of the molecule is COc1ccccc1CNC(=O)c1ccc(N2CCCC(C)C2)cn1. The number of benzene rings is 1. The van der Waals surface area contributed by atoms with Crippen LogP contribution in [0.25, 0.3) is 0 Å². The molecule has 0 bridgehead atoms. The first-order valence-electron chi connectivity index (χ1n) is 8.78. The van der Waals surface area contributed by atoms with Gasteiger partial charge in [0.15, 0.2) is 0 Å². The van der Waals surface area contributed by atoms with Crippen LogP contribution >= 0.6 is 0 Å². The summed E-state index contributed by atoms with van der Waals surface area (Å²) in [6.45, 7) is 4.81. The smallest absolute Gasteiger partial charge is 0.270 e. The number of carbonyl (C=O) groups excluding carboxylic acids is 1. The second kappa shape index (κ2) is 8.01. The molecule has 3 rings (SSSR count). The van der Waals surface area contributed by atoms with Crippen molar-refractivity contribution in [3.05, 3.63) is 53.9 Å². The normalized spacial score (nSPS) is 17.2. The quantitative estimate of drug-likeness (QED) is 0.908. The highest BCUT2D eigenvalue weighted by Crippen LogP contribution is 2.22. The molecule has 1 aliphatic rings. The Hall–Kier alpha value is -2.56. The van der Waals surface area contributed by atoms with Gasteiger partial charge in [0, 0.05) is 25.2 Å². The Morgan fingerprint density at radius 1 is 1.32 bits per heavy atom. The van der Waals surface area contributed by atoms with Gasteiger partial charge in [-0.1, -0.05) is 25.1 Å². The van der Waals surface area contributed by atoms with E-state index in [9.17, 15) is 4.79 Å². The van der Waals surface area contributed by atoms with E-state index < -0.39 is 0 Å². The van der Waals surface area contributed by atoms with Crippen LogP contribution in [-0.4, -0.2) is 31.1 Å². The Morgan fingerprint density at radius 2 is 2.16 bits per heavy atom. The molecule has 1 aromatic heterocycles. The number of carbonyl (C=O) groups is 1. The van der Waals surface area contributed by atoms with Gasteiger partial charge < -0.3 is 15.0 Å². The lowest BCUT2D eigenvalue weighted by molar-refractivity contribution is 0.0945. The molecule has 0 radical (unpaired) electrons. The van der Waals surface area contributed by atoms with Crippen LogP contribution in [0.3, 0.4) is 0 Å². The molecule has 0 spiro atoms. The van der Waals surface area contributed by atoms with E-state index >= 15 is 0 Å². The fourth-order valence-electron chi connectivity index (χ4n) is 3.25. The highest BCUT2D eigenvalue weighted by molar-refractivity contribution is 5.92. The van der Waals surface area contributed by atoms with E-state index in [1.54, 1.807) is 19.4 Å². The average Bonchev–Trinajstić information content (AvgIpc) is 2.66. The molecule has 132 valence electrons. The topological polar surface area (TPSA) is 54.5 Å². The van der Waals surface area contributed by atoms with Crippen molar-refractivity contribution < 1.29 is 9.53 Å². The molecule has 1 aliphatic heterocycles. The maximum atomic E-state index is 12.3. The van der Waals surface area contributed by atoms with Gasteiger partial charge >= 0.3 is 0 Å². The summed E-state index contributed by atoms with van der Waals surface area (Å²) in [5.74, 6) is 1.30. The van der Waals surface area contributed by atoms with Crippen LogP contribution in [0.15, 0.2) is 42.6 Å². The number of methoxy groups -OCH3 is 1. The predicted octanol–water partition coefficient (Wildman–Crippen LogP) is 3.26. The Kier molecular flexibility index (Phi) is 5.53. The fourth-order valence-corrected chi connectivity index (χ4v) is 3.25. The van der Waals surface area contributed by atoms with Crippen LogP contribution in [0.4, 0.5) is 5.69 Å². The van der Waals surface area contributed by atoms with E-state index in [0.717, 1.165) is 30.1 Å². The second-order valence-corrected chi connectivity index (χ2v) is 6.59. The molecule has 5 heteroatoms. The number of ether oxygens (including phenoxy) is 1. The summed E-state index contributed by atoms with van der Waals surface area (Å²) in [4.78, 5) is 19.0. The van der Waals surface area contributed by atoms with Gasteiger partial charge in [-0.3, -0.25) is 4.79 Å². The number of anilines is 1. The molecule has 1 atom stereocenters. The number of aromatic nitrogens is 1. The molecule has 1 aromatic carbocycles. The van der Waals surface area contributed by atoms with Crippen molar-refractivity contribution in [3.63, 3.8) is 0 Å². The Labute approximate surface area is 149 Å². The number of rotatable bonds is 5. The molecule has 1 amide bonds. The summed E-state index contributed by atoms with van der Waals surface area (Å²) >= 11 is 0. The van der Waals surface area contributed by atoms with Crippen molar-refractivity contribution in [2.24, 2.45) is 5.92 Å². The van der Waals surface area contributed by atoms with Crippen molar-refractivity contribution in [1.82, 2.24) is 10.3 Å². The Bertz CT molecular complexity index is 715. The zero-order valence-electron chi connectivity index (χ0n) is 14.9. The monoisotopic (exact) mass is 339 g/mol. The first-order chi connectivity index (χ1) is 12.2. The van der Waals surface area contributed by atoms with E-state index in [1.807, 2.05) is 30.3 Å². The third kappa shape index (κ3) is 4.29. The van der Waals surface area contributed by atoms with Crippen molar-refractivity contribution in [2.75, 3.05) is 25.1 Å². The molecule has 5 nitrogen and oxygen atoms in total. The zero-order chi connectivity index (χ0) is 17.6. The molecule has 1 fully saturated rings. The number of piperidine rings is 1. The van der Waals surface area contributed by atoms with Gasteiger partial charge in [-0.05, 0) is 37.0 Å². The Balaban J connectivity index is 1.61. The van der Waals surface area contributed by atoms with Gasteiger partial charge in [0.25, 0.3) is 5.91 Å². The molecule has 2 aromatic rings. The molecular weight excluding hydrogens is 314 g/mol. The summed E-state index contributed by atoms with van der Waals surface area (Å²) in [5.41, 5.74) is 2.47. The average molecular weight is 339 g/mol. The first-order valence-corrected chi connectivity index (χ1v) is 8.78. The lowest BCUT2D eigenvalue weighted by Gasteiger charge is -2.32. The minimum atomic E-state index is -0.176. The van der Waals surface area contributed by atoms with Crippen LogP contribution < -0.4 is 15.0 Å². The van der Waals surface area contributed by atoms with Gasteiger partial charge in [0.05, 0.1) is 19.0 Å². The molecule has 0 aliphatic carbocycles. The highest BCUT2D eigenvalue weighted by atomic mass is 16.5. The van der Waals surface area contributed by atoms with Crippen LogP contribution in [0, 0.1) is 5.92 Å². The number of amides is 1. The van der Waals surface area contributed by atoms with Crippen molar-refractivity contribution >= 4 is 11.6 Å². The fraction of sp³-hybridized carbons (Fsp3) is 0.400. The summed E-state index contributed by atoms with van der Waals surface area (Å²) in [6.07, 6.45) is 4.30. The molecule has 2 heterocycles. The zero-order valence-corrected chi connectivity index (χ0v) is 14.9. The third-order valence-corrected chi connectivity index (χ3v) is 4.63. The maximum Gasteiger partial charge on any atom is 0.270 e. The van der Waals surface area contributed by atoms with Gasteiger partial charge in [-0.25, -0.2) is 4.98 Å². The highest BCUT2D eigenvalue weighted by Gasteiger charge is 2.17. The number of nitrogens with one attached hydrogen (secondary N) is 1. The second-order valence-electron chi connectivity index (χ2n) is 6.59. The summed E-state index contributed by atoms with van der Waals surface area (Å²) in [6, 6.07) is 11.4.